The van der Waals surface area contributed by atoms with E-state index in [1.165, 1.54) is 25.1 Å². The molecule has 0 unspecified atom stereocenters. The topological polar surface area (TPSA) is 79.3 Å². The van der Waals surface area contributed by atoms with Gasteiger partial charge in [-0.15, -0.1) is 0 Å². The van der Waals surface area contributed by atoms with Crippen LogP contribution in [0.1, 0.15) is 59.4 Å². The molecule has 1 aliphatic rings. The van der Waals surface area contributed by atoms with Crippen molar-refractivity contribution in [3.8, 4) is 0 Å². The van der Waals surface area contributed by atoms with Gasteiger partial charge in [-0.05, 0) is 25.0 Å². The highest BCUT2D eigenvalue weighted by molar-refractivity contribution is 5.96. The first kappa shape index (κ1) is 13.5. The monoisotopic (exact) mass is 262 g/mol. The zero-order valence-corrected chi connectivity index (χ0v) is 10.8. The number of rotatable bonds is 3. The smallest absolute Gasteiger partial charge is 0.354 e. The van der Waals surface area contributed by atoms with E-state index in [0.29, 0.717) is 5.56 Å². The average Bonchev–Trinajstić information content (AvgIpc) is 2.67. The molecular formula is C14H18N2O3. The van der Waals surface area contributed by atoms with Crippen molar-refractivity contribution >= 4 is 11.9 Å². The summed E-state index contributed by atoms with van der Waals surface area (Å²) in [6.45, 7) is 0. The van der Waals surface area contributed by atoms with Crippen molar-refractivity contribution in [3.05, 3.63) is 29.6 Å². The number of hydrogen-bond acceptors (Lipinski definition) is 3. The molecule has 0 aromatic carbocycles. The first-order chi connectivity index (χ1) is 9.16. The van der Waals surface area contributed by atoms with Crippen molar-refractivity contribution < 1.29 is 14.7 Å². The number of amides is 1. The quantitative estimate of drug-likeness (QED) is 0.819. The first-order valence-electron chi connectivity index (χ1n) is 6.67. The van der Waals surface area contributed by atoms with Gasteiger partial charge in [-0.3, -0.25) is 4.79 Å². The van der Waals surface area contributed by atoms with Crippen molar-refractivity contribution in [3.63, 3.8) is 0 Å². The third kappa shape index (κ3) is 3.77. The Morgan fingerprint density at radius 2 is 1.89 bits per heavy atom. The minimum Gasteiger partial charge on any atom is -0.477 e. The molecule has 0 radical (unpaired) electrons. The van der Waals surface area contributed by atoms with Crippen LogP contribution in [0.3, 0.4) is 0 Å². The van der Waals surface area contributed by atoms with Crippen LogP contribution < -0.4 is 5.32 Å². The number of carboxylic acid groups (broad SMARTS) is 1. The first-order valence-corrected chi connectivity index (χ1v) is 6.67. The second-order valence-electron chi connectivity index (χ2n) is 4.90. The molecule has 0 aliphatic heterocycles. The molecule has 1 fully saturated rings. The summed E-state index contributed by atoms with van der Waals surface area (Å²) in [6.07, 6.45) is 8.09. The Morgan fingerprint density at radius 3 is 2.53 bits per heavy atom. The zero-order chi connectivity index (χ0) is 13.7. The zero-order valence-electron chi connectivity index (χ0n) is 10.8. The second-order valence-corrected chi connectivity index (χ2v) is 4.90. The number of aromatic nitrogens is 1. The Bertz CT molecular complexity index is 466. The van der Waals surface area contributed by atoms with Crippen molar-refractivity contribution in [2.75, 3.05) is 0 Å². The highest BCUT2D eigenvalue weighted by atomic mass is 16.4. The van der Waals surface area contributed by atoms with Gasteiger partial charge in [0, 0.05) is 17.8 Å². The van der Waals surface area contributed by atoms with E-state index < -0.39 is 5.97 Å². The van der Waals surface area contributed by atoms with Crippen LogP contribution in [-0.4, -0.2) is 28.0 Å². The van der Waals surface area contributed by atoms with E-state index in [-0.39, 0.29) is 17.6 Å². The predicted octanol–water partition coefficient (Wildman–Crippen LogP) is 2.23. The molecule has 19 heavy (non-hydrogen) atoms. The van der Waals surface area contributed by atoms with Crippen molar-refractivity contribution in [2.45, 2.75) is 44.6 Å². The Hall–Kier alpha value is -1.91. The Labute approximate surface area is 112 Å². The molecule has 1 saturated carbocycles. The number of pyridine rings is 1. The van der Waals surface area contributed by atoms with Crippen LogP contribution >= 0.6 is 0 Å². The minimum atomic E-state index is -1.12. The largest absolute Gasteiger partial charge is 0.477 e. The van der Waals surface area contributed by atoms with Gasteiger partial charge in [-0.1, -0.05) is 25.7 Å². The fourth-order valence-corrected chi connectivity index (χ4v) is 2.38. The maximum absolute atomic E-state index is 12.1. The van der Waals surface area contributed by atoms with Gasteiger partial charge in [0.1, 0.15) is 5.69 Å². The summed E-state index contributed by atoms with van der Waals surface area (Å²) in [4.78, 5) is 26.6. The number of hydrogen-bond donors (Lipinski definition) is 2. The van der Waals surface area contributed by atoms with Crippen molar-refractivity contribution in [1.29, 1.82) is 0 Å². The number of nitrogens with zero attached hydrogens (tertiary/aromatic N) is 1. The summed E-state index contributed by atoms with van der Waals surface area (Å²) < 4.78 is 0. The van der Waals surface area contributed by atoms with Gasteiger partial charge in [0.2, 0.25) is 0 Å². The summed E-state index contributed by atoms with van der Waals surface area (Å²) in [5.41, 5.74) is 0.255. The van der Waals surface area contributed by atoms with Gasteiger partial charge >= 0.3 is 5.97 Å². The molecule has 1 aliphatic carbocycles. The maximum atomic E-state index is 12.1. The molecule has 0 spiro atoms. The molecule has 102 valence electrons. The van der Waals surface area contributed by atoms with Gasteiger partial charge in [0.05, 0.1) is 0 Å². The van der Waals surface area contributed by atoms with Gasteiger partial charge in [-0.2, -0.15) is 0 Å². The molecule has 5 heteroatoms. The van der Waals surface area contributed by atoms with Crippen LogP contribution in [-0.2, 0) is 0 Å². The number of carbonyl (C=O) groups excluding carboxylic acids is 1. The number of carbonyl (C=O) groups is 2. The van der Waals surface area contributed by atoms with E-state index in [1.54, 1.807) is 6.07 Å². The molecular weight excluding hydrogens is 244 g/mol. The van der Waals surface area contributed by atoms with Crippen LogP contribution in [0.2, 0.25) is 0 Å². The molecule has 0 atom stereocenters. The average molecular weight is 262 g/mol. The second kappa shape index (κ2) is 6.31. The molecule has 1 aromatic rings. The van der Waals surface area contributed by atoms with E-state index in [9.17, 15) is 9.59 Å². The summed E-state index contributed by atoms with van der Waals surface area (Å²) in [6, 6.07) is 3.06. The Kier molecular flexibility index (Phi) is 4.49. The highest BCUT2D eigenvalue weighted by Crippen LogP contribution is 2.17. The summed E-state index contributed by atoms with van der Waals surface area (Å²) in [7, 11) is 0. The van der Waals surface area contributed by atoms with Gasteiger partial charge in [-0.25, -0.2) is 9.78 Å². The molecule has 5 nitrogen and oxygen atoms in total. The third-order valence-electron chi connectivity index (χ3n) is 3.43. The van der Waals surface area contributed by atoms with E-state index in [4.69, 9.17) is 5.11 Å². The van der Waals surface area contributed by atoms with Gasteiger partial charge in [0.15, 0.2) is 0 Å². The van der Waals surface area contributed by atoms with Gasteiger partial charge in [0.25, 0.3) is 5.91 Å². The van der Waals surface area contributed by atoms with Crippen molar-refractivity contribution in [1.82, 2.24) is 10.3 Å². The standard InChI is InChI=1S/C14H18N2O3/c17-13(16-11-5-3-1-2-4-6-11)10-7-8-15-12(9-10)14(18)19/h7-9,11H,1-6H2,(H,16,17)(H,18,19). The van der Waals surface area contributed by atoms with Gasteiger partial charge < -0.3 is 10.4 Å². The number of carboxylic acids is 1. The SMILES string of the molecule is O=C(NC1CCCCCC1)c1ccnc(C(=O)O)c1. The maximum Gasteiger partial charge on any atom is 0.354 e. The van der Waals surface area contributed by atoms with E-state index >= 15 is 0 Å². The molecule has 2 N–H and O–H groups in total. The molecule has 1 heterocycles. The fourth-order valence-electron chi connectivity index (χ4n) is 2.38. The van der Waals surface area contributed by atoms with Crippen LogP contribution in [0.4, 0.5) is 0 Å². The van der Waals surface area contributed by atoms with E-state index in [2.05, 4.69) is 10.3 Å². The lowest BCUT2D eigenvalue weighted by Gasteiger charge is -2.16. The predicted molar refractivity (Wildman–Crippen MR) is 70.2 cm³/mol. The summed E-state index contributed by atoms with van der Waals surface area (Å²) in [5.74, 6) is -1.33. The van der Waals surface area contributed by atoms with Crippen molar-refractivity contribution in [2.24, 2.45) is 0 Å². The Balaban J connectivity index is 2.02. The van der Waals surface area contributed by atoms with Crippen LogP contribution in [0.5, 0.6) is 0 Å². The lowest BCUT2D eigenvalue weighted by molar-refractivity contribution is 0.0690. The lowest BCUT2D eigenvalue weighted by Crippen LogP contribution is -2.34. The van der Waals surface area contributed by atoms with E-state index in [0.717, 1.165) is 25.7 Å². The van der Waals surface area contributed by atoms with Crippen LogP contribution in [0, 0.1) is 0 Å². The molecule has 0 bridgehead atoms. The summed E-state index contributed by atoms with van der Waals surface area (Å²) >= 11 is 0. The molecule has 2 rings (SSSR count). The summed E-state index contributed by atoms with van der Waals surface area (Å²) in [5, 5.41) is 11.8. The molecule has 1 amide bonds. The van der Waals surface area contributed by atoms with Crippen LogP contribution in [0.15, 0.2) is 18.3 Å². The Morgan fingerprint density at radius 1 is 1.21 bits per heavy atom. The lowest BCUT2D eigenvalue weighted by atomic mass is 10.1. The third-order valence-corrected chi connectivity index (χ3v) is 3.43. The van der Waals surface area contributed by atoms with E-state index in [1.807, 2.05) is 0 Å². The molecule has 1 aromatic heterocycles. The molecule has 0 saturated heterocycles. The fraction of sp³-hybridized carbons (Fsp3) is 0.500. The number of aromatic carboxylic acids is 1. The van der Waals surface area contributed by atoms with Crippen LogP contribution in [0.25, 0.3) is 0 Å². The number of nitrogens with one attached hydrogen (secondary N) is 1. The highest BCUT2D eigenvalue weighted by Gasteiger charge is 2.16. The normalized spacial score (nSPS) is 16.6. The minimum absolute atomic E-state index is 0.103.